The number of amides is 1. The average molecular weight is 406 g/mol. The number of rotatable bonds is 8. The second-order valence-electron chi connectivity index (χ2n) is 6.35. The third-order valence-electron chi connectivity index (χ3n) is 4.18. The Morgan fingerprint density at radius 3 is 2.52 bits per heavy atom. The summed E-state index contributed by atoms with van der Waals surface area (Å²) >= 11 is 7.47. The first-order chi connectivity index (χ1) is 12.9. The van der Waals surface area contributed by atoms with Gasteiger partial charge in [0, 0.05) is 10.6 Å². The predicted octanol–water partition coefficient (Wildman–Crippen LogP) is 4.55. The highest BCUT2D eigenvalue weighted by atomic mass is 35.5. The van der Waals surface area contributed by atoms with Crippen LogP contribution in [-0.2, 0) is 16.1 Å². The number of carbonyl (C=O) groups is 2. The molecule has 0 heterocycles. The maximum absolute atomic E-state index is 12.6. The first kappa shape index (κ1) is 21.3. The monoisotopic (exact) mass is 405 g/mol. The van der Waals surface area contributed by atoms with E-state index in [4.69, 9.17) is 16.3 Å². The van der Waals surface area contributed by atoms with Gasteiger partial charge in [-0.25, -0.2) is 4.79 Å². The second kappa shape index (κ2) is 10.4. The molecule has 0 aliphatic rings. The lowest BCUT2D eigenvalue weighted by atomic mass is 10.1. The molecule has 1 N–H and O–H groups in total. The molecule has 0 bridgehead atoms. The third-order valence-corrected chi connectivity index (χ3v) is 5.08. The summed E-state index contributed by atoms with van der Waals surface area (Å²) in [6.07, 6.45) is 2.46. The molecule has 1 atom stereocenters. The lowest BCUT2D eigenvalue weighted by Crippen LogP contribution is -2.42. The van der Waals surface area contributed by atoms with Crippen molar-refractivity contribution < 1.29 is 14.3 Å². The van der Waals surface area contributed by atoms with E-state index < -0.39 is 12.0 Å². The average Bonchev–Trinajstić information content (AvgIpc) is 2.65. The lowest BCUT2D eigenvalue weighted by molar-refractivity contribution is -0.147. The zero-order chi connectivity index (χ0) is 19.8. The van der Waals surface area contributed by atoms with Crippen LogP contribution in [0.5, 0.6) is 0 Å². The van der Waals surface area contributed by atoms with Crippen molar-refractivity contribution in [2.24, 2.45) is 0 Å². The molecule has 6 heteroatoms. The number of hydrogen-bond acceptors (Lipinski definition) is 4. The van der Waals surface area contributed by atoms with Gasteiger partial charge in [0.1, 0.15) is 12.6 Å². The molecule has 2 aromatic rings. The normalized spacial score (nSPS) is 11.7. The van der Waals surface area contributed by atoms with E-state index in [9.17, 15) is 9.59 Å². The highest BCUT2D eigenvalue weighted by Gasteiger charge is 2.23. The van der Waals surface area contributed by atoms with Crippen LogP contribution < -0.4 is 5.32 Å². The summed E-state index contributed by atoms with van der Waals surface area (Å²) in [7, 11) is 0. The van der Waals surface area contributed by atoms with Crippen molar-refractivity contribution in [2.75, 3.05) is 12.0 Å². The highest BCUT2D eigenvalue weighted by Crippen LogP contribution is 2.14. The van der Waals surface area contributed by atoms with Gasteiger partial charge in [-0.2, -0.15) is 11.8 Å². The fourth-order valence-corrected chi connectivity index (χ4v) is 3.13. The van der Waals surface area contributed by atoms with Gasteiger partial charge >= 0.3 is 5.97 Å². The molecule has 0 spiro atoms. The van der Waals surface area contributed by atoms with Gasteiger partial charge in [0.2, 0.25) is 0 Å². The molecule has 0 aromatic heterocycles. The Morgan fingerprint density at radius 2 is 1.85 bits per heavy atom. The molecule has 1 amide bonds. The maximum Gasteiger partial charge on any atom is 0.329 e. The van der Waals surface area contributed by atoms with Gasteiger partial charge in [0.25, 0.3) is 5.91 Å². The first-order valence-corrected chi connectivity index (χ1v) is 10.5. The maximum atomic E-state index is 12.6. The van der Waals surface area contributed by atoms with Crippen molar-refractivity contribution in [3.8, 4) is 0 Å². The first-order valence-electron chi connectivity index (χ1n) is 8.69. The van der Waals surface area contributed by atoms with E-state index in [0.717, 1.165) is 22.4 Å². The number of thioether (sulfide) groups is 1. The minimum absolute atomic E-state index is 0.193. The fraction of sp³-hybridized carbons (Fsp3) is 0.333. The van der Waals surface area contributed by atoms with Crippen LogP contribution in [0.25, 0.3) is 0 Å². The molecule has 0 aliphatic carbocycles. The van der Waals surface area contributed by atoms with Crippen molar-refractivity contribution in [1.82, 2.24) is 5.32 Å². The molecule has 27 heavy (non-hydrogen) atoms. The van der Waals surface area contributed by atoms with E-state index in [0.29, 0.717) is 17.0 Å². The molecule has 0 saturated heterocycles. The van der Waals surface area contributed by atoms with Crippen LogP contribution in [0.4, 0.5) is 0 Å². The Balaban J connectivity index is 2.03. The van der Waals surface area contributed by atoms with E-state index in [-0.39, 0.29) is 12.5 Å². The lowest BCUT2D eigenvalue weighted by Gasteiger charge is -2.18. The molecule has 2 aromatic carbocycles. The largest absolute Gasteiger partial charge is 0.459 e. The highest BCUT2D eigenvalue weighted by molar-refractivity contribution is 7.98. The number of hydrogen-bond donors (Lipinski definition) is 1. The van der Waals surface area contributed by atoms with Gasteiger partial charge in [0.05, 0.1) is 0 Å². The van der Waals surface area contributed by atoms with E-state index in [1.54, 1.807) is 36.0 Å². The summed E-state index contributed by atoms with van der Waals surface area (Å²) in [4.78, 5) is 25.0. The number of carbonyl (C=O) groups excluding carboxylic acids is 2. The Bertz CT molecular complexity index is 793. The molecule has 0 aliphatic heterocycles. The summed E-state index contributed by atoms with van der Waals surface area (Å²) in [5.74, 6) is -0.00171. The fourth-order valence-electron chi connectivity index (χ4n) is 2.53. The Labute approximate surface area is 169 Å². The van der Waals surface area contributed by atoms with Crippen LogP contribution in [0.15, 0.2) is 42.5 Å². The van der Waals surface area contributed by atoms with E-state index in [1.165, 1.54) is 0 Å². The Morgan fingerprint density at radius 1 is 1.15 bits per heavy atom. The molecule has 144 valence electrons. The van der Waals surface area contributed by atoms with E-state index in [2.05, 4.69) is 5.32 Å². The standard InChI is InChI=1S/C21H24ClNO3S/c1-14-4-5-15(2)17(12-14)13-26-21(25)19(10-11-27-3)23-20(24)16-6-8-18(22)9-7-16/h4-9,12,19H,10-11,13H2,1-3H3,(H,23,24)/t19-/m0/s1. The molecule has 0 saturated carbocycles. The van der Waals surface area contributed by atoms with Crippen molar-refractivity contribution in [3.63, 3.8) is 0 Å². The van der Waals surface area contributed by atoms with E-state index in [1.807, 2.05) is 38.3 Å². The minimum atomic E-state index is -0.689. The molecular weight excluding hydrogens is 382 g/mol. The van der Waals surface area contributed by atoms with Crippen LogP contribution in [0, 0.1) is 13.8 Å². The summed E-state index contributed by atoms with van der Waals surface area (Å²) in [6.45, 7) is 4.17. The van der Waals surface area contributed by atoms with Crippen LogP contribution in [0.1, 0.15) is 33.5 Å². The zero-order valence-electron chi connectivity index (χ0n) is 15.8. The summed E-state index contributed by atoms with van der Waals surface area (Å²) < 4.78 is 5.49. The van der Waals surface area contributed by atoms with Crippen LogP contribution in [0.2, 0.25) is 5.02 Å². The number of aryl methyl sites for hydroxylation is 2. The zero-order valence-corrected chi connectivity index (χ0v) is 17.3. The Hall–Kier alpha value is -1.98. The number of nitrogens with one attached hydrogen (secondary N) is 1. The number of ether oxygens (including phenoxy) is 1. The molecule has 0 fully saturated rings. The molecule has 0 unspecified atom stereocenters. The molecular formula is C21H24ClNO3S. The van der Waals surface area contributed by atoms with Crippen LogP contribution >= 0.6 is 23.4 Å². The van der Waals surface area contributed by atoms with Gasteiger partial charge in [0.15, 0.2) is 0 Å². The van der Waals surface area contributed by atoms with Crippen LogP contribution in [-0.4, -0.2) is 29.9 Å². The number of halogens is 1. The van der Waals surface area contributed by atoms with Gasteiger partial charge in [-0.3, -0.25) is 4.79 Å². The smallest absolute Gasteiger partial charge is 0.329 e. The molecule has 4 nitrogen and oxygen atoms in total. The van der Waals surface area contributed by atoms with Crippen molar-refractivity contribution in [3.05, 3.63) is 69.7 Å². The quantitative estimate of drug-likeness (QED) is 0.654. The number of esters is 1. The van der Waals surface area contributed by atoms with Crippen molar-refractivity contribution >= 4 is 35.2 Å². The van der Waals surface area contributed by atoms with E-state index >= 15 is 0 Å². The molecule has 2 rings (SSSR count). The third kappa shape index (κ3) is 6.60. The van der Waals surface area contributed by atoms with Gasteiger partial charge < -0.3 is 10.1 Å². The SMILES string of the molecule is CSCC[C@H](NC(=O)c1ccc(Cl)cc1)C(=O)OCc1cc(C)ccc1C. The van der Waals surface area contributed by atoms with Gasteiger partial charge in [-0.1, -0.05) is 35.4 Å². The minimum Gasteiger partial charge on any atom is -0.459 e. The summed E-state index contributed by atoms with van der Waals surface area (Å²) in [6, 6.07) is 11.9. The summed E-state index contributed by atoms with van der Waals surface area (Å²) in [5, 5.41) is 3.33. The van der Waals surface area contributed by atoms with Crippen molar-refractivity contribution in [1.29, 1.82) is 0 Å². The predicted molar refractivity (Wildman–Crippen MR) is 111 cm³/mol. The van der Waals surface area contributed by atoms with Crippen LogP contribution in [0.3, 0.4) is 0 Å². The number of benzene rings is 2. The van der Waals surface area contributed by atoms with Crippen molar-refractivity contribution in [2.45, 2.75) is 32.9 Å². The topological polar surface area (TPSA) is 55.4 Å². The van der Waals surface area contributed by atoms with Gasteiger partial charge in [-0.05, 0) is 67.7 Å². The summed E-state index contributed by atoms with van der Waals surface area (Å²) in [5.41, 5.74) is 3.60. The van der Waals surface area contributed by atoms with Gasteiger partial charge in [-0.15, -0.1) is 0 Å². The molecule has 0 radical (unpaired) electrons. The Kier molecular flexibility index (Phi) is 8.20. The second-order valence-corrected chi connectivity index (χ2v) is 7.77.